The van der Waals surface area contributed by atoms with Crippen LogP contribution in [0.2, 0.25) is 0 Å². The number of carbonyl (C=O) groups is 1. The molecule has 1 amide bonds. The van der Waals surface area contributed by atoms with Crippen LogP contribution in [0.1, 0.15) is 13.3 Å². The van der Waals surface area contributed by atoms with E-state index in [-0.39, 0.29) is 5.91 Å². The first-order valence-corrected chi connectivity index (χ1v) is 9.55. The lowest BCUT2D eigenvalue weighted by molar-refractivity contribution is -0.115. The third kappa shape index (κ3) is 4.07. The number of nitrogens with zero attached hydrogens (tertiary/aromatic N) is 1. The summed E-state index contributed by atoms with van der Waals surface area (Å²) in [5.41, 5.74) is 1.73. The molecule has 2 aromatic carbocycles. The maximum atomic E-state index is 12.7. The molecule has 1 atom stereocenters. The molecule has 0 aromatic heterocycles. The van der Waals surface area contributed by atoms with Crippen LogP contribution < -0.4 is 19.7 Å². The van der Waals surface area contributed by atoms with Crippen molar-refractivity contribution < 1.29 is 14.3 Å². The van der Waals surface area contributed by atoms with Gasteiger partial charge in [0.1, 0.15) is 11.5 Å². The Morgan fingerprint density at radius 2 is 2.04 bits per heavy atom. The predicted octanol–water partition coefficient (Wildman–Crippen LogP) is 4.03. The lowest BCUT2D eigenvalue weighted by Crippen LogP contribution is -2.40. The summed E-state index contributed by atoms with van der Waals surface area (Å²) in [4.78, 5) is 16.1. The molecule has 2 aromatic rings. The van der Waals surface area contributed by atoms with E-state index in [1.165, 1.54) is 4.90 Å². The number of ether oxygens (including phenoxy) is 2. The number of methoxy groups -OCH3 is 2. The number of rotatable bonds is 6. The monoisotopic (exact) mass is 372 g/mol. The quantitative estimate of drug-likeness (QED) is 0.830. The predicted molar refractivity (Wildman–Crippen MR) is 107 cm³/mol. The molecule has 0 bridgehead atoms. The Hall–Kier alpha value is -2.34. The Bertz CT molecular complexity index is 781. The number of nitrogens with one attached hydrogen (secondary N) is 1. The highest BCUT2D eigenvalue weighted by molar-refractivity contribution is 8.00. The van der Waals surface area contributed by atoms with E-state index >= 15 is 0 Å². The Labute approximate surface area is 158 Å². The van der Waals surface area contributed by atoms with Gasteiger partial charge >= 0.3 is 0 Å². The van der Waals surface area contributed by atoms with Crippen LogP contribution in [0.4, 0.5) is 11.4 Å². The van der Waals surface area contributed by atoms with E-state index in [9.17, 15) is 4.79 Å². The number of fused-ring (bicyclic) bond motifs is 1. The Morgan fingerprint density at radius 1 is 1.23 bits per heavy atom. The molecular weight excluding hydrogens is 348 g/mol. The van der Waals surface area contributed by atoms with Crippen molar-refractivity contribution in [1.82, 2.24) is 0 Å². The van der Waals surface area contributed by atoms with Crippen LogP contribution in [0.25, 0.3) is 0 Å². The highest BCUT2D eigenvalue weighted by Gasteiger charge is 2.25. The Morgan fingerprint density at radius 3 is 2.77 bits per heavy atom. The molecule has 0 spiro atoms. The largest absolute Gasteiger partial charge is 0.497 e. The van der Waals surface area contributed by atoms with Crippen LogP contribution in [0, 0.1) is 0 Å². The molecule has 1 heterocycles. The zero-order valence-corrected chi connectivity index (χ0v) is 16.1. The molecular formula is C20H24N2O3S. The number of benzene rings is 2. The average Bonchev–Trinajstić information content (AvgIpc) is 2.67. The first-order valence-electron chi connectivity index (χ1n) is 8.67. The molecule has 1 N–H and O–H groups in total. The van der Waals surface area contributed by atoms with Crippen LogP contribution in [0.3, 0.4) is 0 Å². The fourth-order valence-corrected chi connectivity index (χ4v) is 4.27. The Balaban J connectivity index is 1.76. The van der Waals surface area contributed by atoms with E-state index in [4.69, 9.17) is 9.47 Å². The molecule has 0 fully saturated rings. The third-order valence-electron chi connectivity index (χ3n) is 4.39. The molecule has 0 aliphatic carbocycles. The van der Waals surface area contributed by atoms with E-state index < -0.39 is 0 Å². The van der Waals surface area contributed by atoms with Gasteiger partial charge < -0.3 is 19.7 Å². The summed E-state index contributed by atoms with van der Waals surface area (Å²) < 4.78 is 10.6. The molecule has 0 saturated carbocycles. The molecule has 0 radical (unpaired) electrons. The van der Waals surface area contributed by atoms with Crippen LogP contribution in [0.5, 0.6) is 11.5 Å². The molecule has 1 aliphatic rings. The minimum absolute atomic E-state index is 0.0758. The number of hydrogen-bond acceptors (Lipinski definition) is 5. The lowest BCUT2D eigenvalue weighted by atomic mass is 10.2. The van der Waals surface area contributed by atoms with Crippen molar-refractivity contribution >= 4 is 29.0 Å². The molecule has 138 valence electrons. The third-order valence-corrected chi connectivity index (χ3v) is 5.81. The first kappa shape index (κ1) is 18.5. The number of amides is 1. The van der Waals surface area contributed by atoms with Gasteiger partial charge in [0, 0.05) is 22.8 Å². The van der Waals surface area contributed by atoms with Crippen LogP contribution in [-0.2, 0) is 4.79 Å². The zero-order chi connectivity index (χ0) is 18.5. The maximum absolute atomic E-state index is 12.7. The van der Waals surface area contributed by atoms with Gasteiger partial charge in [-0.15, -0.1) is 11.8 Å². The van der Waals surface area contributed by atoms with Crippen molar-refractivity contribution in [2.45, 2.75) is 23.5 Å². The summed E-state index contributed by atoms with van der Waals surface area (Å²) in [6, 6.07) is 13.6. The fourth-order valence-electron chi connectivity index (χ4n) is 3.02. The number of carbonyl (C=O) groups excluding carboxylic acids is 1. The minimum Gasteiger partial charge on any atom is -0.497 e. The first-order chi connectivity index (χ1) is 12.6. The maximum Gasteiger partial charge on any atom is 0.243 e. The van der Waals surface area contributed by atoms with Gasteiger partial charge in [-0.2, -0.15) is 0 Å². The smallest absolute Gasteiger partial charge is 0.243 e. The highest BCUT2D eigenvalue weighted by atomic mass is 32.2. The number of thioether (sulfide) groups is 1. The van der Waals surface area contributed by atoms with Crippen molar-refractivity contribution in [3.8, 4) is 11.5 Å². The van der Waals surface area contributed by atoms with Crippen molar-refractivity contribution in [1.29, 1.82) is 0 Å². The van der Waals surface area contributed by atoms with E-state index in [1.54, 1.807) is 32.4 Å². The van der Waals surface area contributed by atoms with Gasteiger partial charge in [-0.05, 0) is 30.7 Å². The standard InChI is InChI=1S/C20H24N2O3S/c1-4-15-12-22(17-7-5-6-8-19(17)26-15)13-20(23)21-16-11-14(24-2)9-10-18(16)25-3/h5-11,15H,4,12-13H2,1-3H3,(H,21,23). The van der Waals surface area contributed by atoms with Crippen molar-refractivity contribution in [3.63, 3.8) is 0 Å². The molecule has 0 saturated heterocycles. The van der Waals surface area contributed by atoms with E-state index in [2.05, 4.69) is 29.3 Å². The SMILES string of the molecule is CCC1CN(CC(=O)Nc2cc(OC)ccc2OC)c2ccccc2S1. The van der Waals surface area contributed by atoms with Crippen LogP contribution in [-0.4, -0.2) is 38.5 Å². The van der Waals surface area contributed by atoms with Crippen molar-refractivity contribution in [2.24, 2.45) is 0 Å². The molecule has 5 nitrogen and oxygen atoms in total. The van der Waals surface area contributed by atoms with Crippen molar-refractivity contribution in [3.05, 3.63) is 42.5 Å². The zero-order valence-electron chi connectivity index (χ0n) is 15.3. The second-order valence-corrected chi connectivity index (χ2v) is 7.45. The van der Waals surface area contributed by atoms with Gasteiger partial charge in [0.25, 0.3) is 0 Å². The van der Waals surface area contributed by atoms with Gasteiger partial charge in [-0.25, -0.2) is 0 Å². The van der Waals surface area contributed by atoms with Gasteiger partial charge in [-0.1, -0.05) is 19.1 Å². The van der Waals surface area contributed by atoms with Crippen LogP contribution >= 0.6 is 11.8 Å². The molecule has 26 heavy (non-hydrogen) atoms. The summed E-state index contributed by atoms with van der Waals surface area (Å²) in [5, 5.41) is 3.44. The van der Waals surface area contributed by atoms with Gasteiger partial charge in [0.05, 0.1) is 32.1 Å². The molecule has 1 unspecified atom stereocenters. The van der Waals surface area contributed by atoms with Crippen LogP contribution in [0.15, 0.2) is 47.4 Å². The minimum atomic E-state index is -0.0758. The average molecular weight is 372 g/mol. The summed E-state index contributed by atoms with van der Waals surface area (Å²) in [6.07, 6.45) is 1.07. The highest BCUT2D eigenvalue weighted by Crippen LogP contribution is 2.39. The van der Waals surface area contributed by atoms with E-state index in [1.807, 2.05) is 23.9 Å². The molecule has 3 rings (SSSR count). The fraction of sp³-hybridized carbons (Fsp3) is 0.350. The van der Waals surface area contributed by atoms with Gasteiger partial charge in [-0.3, -0.25) is 4.79 Å². The van der Waals surface area contributed by atoms with E-state index in [0.29, 0.717) is 29.0 Å². The number of para-hydroxylation sites is 1. The number of hydrogen-bond donors (Lipinski definition) is 1. The molecule has 1 aliphatic heterocycles. The second-order valence-electron chi connectivity index (χ2n) is 6.11. The molecule has 6 heteroatoms. The van der Waals surface area contributed by atoms with E-state index in [0.717, 1.165) is 18.7 Å². The normalized spacial score (nSPS) is 16.0. The summed E-state index contributed by atoms with van der Waals surface area (Å²) in [7, 11) is 3.18. The van der Waals surface area contributed by atoms with Gasteiger partial charge in [0.2, 0.25) is 5.91 Å². The lowest BCUT2D eigenvalue weighted by Gasteiger charge is -2.34. The topological polar surface area (TPSA) is 50.8 Å². The summed E-state index contributed by atoms with van der Waals surface area (Å²) in [5.74, 6) is 1.21. The summed E-state index contributed by atoms with van der Waals surface area (Å²) in [6.45, 7) is 3.35. The second kappa shape index (κ2) is 8.36. The summed E-state index contributed by atoms with van der Waals surface area (Å²) >= 11 is 1.89. The Kier molecular flexibility index (Phi) is 5.93. The van der Waals surface area contributed by atoms with Crippen molar-refractivity contribution in [2.75, 3.05) is 37.5 Å². The van der Waals surface area contributed by atoms with Gasteiger partial charge in [0.15, 0.2) is 0 Å². The number of anilines is 2.